The molecule has 1 aliphatic rings. The second-order valence-corrected chi connectivity index (χ2v) is 4.55. The number of halogens is 2. The van der Waals surface area contributed by atoms with Crippen molar-refractivity contribution in [1.29, 1.82) is 0 Å². The van der Waals surface area contributed by atoms with Gasteiger partial charge in [0.05, 0.1) is 0 Å². The molecular weight excluding hydrogens is 282 g/mol. The van der Waals surface area contributed by atoms with Gasteiger partial charge >= 0.3 is 5.97 Å². The van der Waals surface area contributed by atoms with E-state index in [0.717, 1.165) is 11.8 Å². The summed E-state index contributed by atoms with van der Waals surface area (Å²) >= 11 is 0. The van der Waals surface area contributed by atoms with E-state index in [1.807, 2.05) is 12.1 Å². The molecule has 0 bridgehead atoms. The molecule has 0 aliphatic carbocycles. The molecule has 5 nitrogen and oxygen atoms in total. The summed E-state index contributed by atoms with van der Waals surface area (Å²) in [6, 6.07) is 7.30. The van der Waals surface area contributed by atoms with E-state index in [9.17, 15) is 13.6 Å². The number of ether oxygens (including phenoxy) is 1. The third kappa shape index (κ3) is 2.42. The lowest BCUT2D eigenvalue weighted by molar-refractivity contribution is 0.0680. The number of rotatable bonds is 3. The third-order valence-corrected chi connectivity index (χ3v) is 3.21. The third-order valence-electron chi connectivity index (χ3n) is 3.21. The van der Waals surface area contributed by atoms with E-state index in [-0.39, 0.29) is 5.82 Å². The maximum absolute atomic E-state index is 12.9. The molecule has 0 amide bonds. The molecular formula is C14H10F2N2O3. The Balaban J connectivity index is 1.95. The average molecular weight is 292 g/mol. The molecule has 1 N–H and O–H groups in total. The quantitative estimate of drug-likeness (QED) is 0.941. The van der Waals surface area contributed by atoms with E-state index in [0.29, 0.717) is 12.2 Å². The number of aromatic nitrogens is 2. The van der Waals surface area contributed by atoms with Crippen LogP contribution >= 0.6 is 0 Å². The Bertz CT molecular complexity index is 681. The predicted molar refractivity (Wildman–Crippen MR) is 67.5 cm³/mol. The van der Waals surface area contributed by atoms with Crippen molar-refractivity contribution in [3.63, 3.8) is 0 Å². The molecule has 0 radical (unpaired) electrons. The fourth-order valence-electron chi connectivity index (χ4n) is 2.22. The number of carboxylic acid groups (broad SMARTS) is 1. The zero-order valence-corrected chi connectivity index (χ0v) is 10.7. The molecule has 3 rings (SSSR count). The van der Waals surface area contributed by atoms with Crippen LogP contribution in [0.5, 0.6) is 5.75 Å². The molecule has 108 valence electrons. The molecule has 0 spiro atoms. The van der Waals surface area contributed by atoms with Crippen LogP contribution in [0.1, 0.15) is 40.0 Å². The Kier molecular flexibility index (Phi) is 3.25. The number of benzene rings is 1. The lowest BCUT2D eigenvalue weighted by Gasteiger charge is -2.11. The lowest BCUT2D eigenvalue weighted by atomic mass is 10.1. The summed E-state index contributed by atoms with van der Waals surface area (Å²) in [4.78, 5) is 18.4. The number of carbonyl (C=O) groups is 1. The number of alkyl halides is 2. The van der Waals surface area contributed by atoms with Gasteiger partial charge in [0, 0.05) is 12.6 Å². The summed E-state index contributed by atoms with van der Waals surface area (Å²) in [7, 11) is 0. The Morgan fingerprint density at radius 2 is 2.14 bits per heavy atom. The number of fused-ring (bicyclic) bond motifs is 1. The molecule has 1 aliphatic heterocycles. The highest BCUT2D eigenvalue weighted by Crippen LogP contribution is 2.35. The van der Waals surface area contributed by atoms with Gasteiger partial charge in [-0.05, 0) is 11.6 Å². The van der Waals surface area contributed by atoms with Gasteiger partial charge in [0.2, 0.25) is 0 Å². The molecule has 0 saturated carbocycles. The second-order valence-electron chi connectivity index (χ2n) is 4.55. The van der Waals surface area contributed by atoms with Crippen molar-refractivity contribution in [3.05, 3.63) is 53.1 Å². The number of hydrogen-bond acceptors (Lipinski definition) is 4. The van der Waals surface area contributed by atoms with Gasteiger partial charge in [-0.2, -0.15) is 0 Å². The minimum absolute atomic E-state index is 0.0616. The fourth-order valence-corrected chi connectivity index (χ4v) is 2.22. The number of hydrogen-bond donors (Lipinski definition) is 1. The van der Waals surface area contributed by atoms with Crippen molar-refractivity contribution in [2.45, 2.75) is 19.0 Å². The molecule has 21 heavy (non-hydrogen) atoms. The first kappa shape index (κ1) is 13.4. The van der Waals surface area contributed by atoms with Gasteiger partial charge in [-0.3, -0.25) is 0 Å². The number of aromatic carboxylic acids is 1. The Labute approximate surface area is 118 Å². The van der Waals surface area contributed by atoms with Gasteiger partial charge in [0.1, 0.15) is 17.0 Å². The summed E-state index contributed by atoms with van der Waals surface area (Å²) in [6.45, 7) is 0. The van der Waals surface area contributed by atoms with Crippen molar-refractivity contribution < 1.29 is 23.4 Å². The molecule has 7 heteroatoms. The molecule has 1 aromatic carbocycles. The van der Waals surface area contributed by atoms with Gasteiger partial charge in [0.25, 0.3) is 6.43 Å². The van der Waals surface area contributed by atoms with E-state index in [1.54, 1.807) is 12.1 Å². The van der Waals surface area contributed by atoms with Crippen molar-refractivity contribution >= 4 is 5.97 Å². The number of nitrogens with zero attached hydrogens (tertiary/aromatic N) is 2. The van der Waals surface area contributed by atoms with Crippen LogP contribution in [0.25, 0.3) is 0 Å². The highest BCUT2D eigenvalue weighted by molar-refractivity contribution is 5.88. The average Bonchev–Trinajstić information content (AvgIpc) is 2.90. The molecule has 1 atom stereocenters. The first-order valence-electron chi connectivity index (χ1n) is 6.19. The monoisotopic (exact) mass is 292 g/mol. The molecule has 0 saturated heterocycles. The fraction of sp³-hybridized carbons (Fsp3) is 0.214. The summed E-state index contributed by atoms with van der Waals surface area (Å²) in [6.07, 6.45) is -2.20. The molecule has 1 aromatic heterocycles. The van der Waals surface area contributed by atoms with E-state index < -0.39 is 29.8 Å². The highest BCUT2D eigenvalue weighted by Gasteiger charge is 2.29. The van der Waals surface area contributed by atoms with Crippen LogP contribution in [0.15, 0.2) is 30.5 Å². The van der Waals surface area contributed by atoms with Crippen LogP contribution in [0.4, 0.5) is 8.78 Å². The van der Waals surface area contributed by atoms with E-state index in [1.165, 1.54) is 0 Å². The smallest absolute Gasteiger partial charge is 0.339 e. The summed E-state index contributed by atoms with van der Waals surface area (Å²) < 4.78 is 31.5. The maximum Gasteiger partial charge on any atom is 0.339 e. The van der Waals surface area contributed by atoms with Gasteiger partial charge in [-0.25, -0.2) is 23.5 Å². The zero-order chi connectivity index (χ0) is 15.0. The van der Waals surface area contributed by atoms with Crippen molar-refractivity contribution in [3.8, 4) is 5.75 Å². The zero-order valence-electron chi connectivity index (χ0n) is 10.7. The number of carboxylic acids is 1. The summed E-state index contributed by atoms with van der Waals surface area (Å²) in [5.74, 6) is -0.758. The molecule has 1 unspecified atom stereocenters. The first-order valence-corrected chi connectivity index (χ1v) is 6.19. The topological polar surface area (TPSA) is 72.3 Å². The van der Waals surface area contributed by atoms with Crippen LogP contribution in [0.3, 0.4) is 0 Å². The predicted octanol–water partition coefficient (Wildman–Crippen LogP) is 2.79. The van der Waals surface area contributed by atoms with Crippen LogP contribution in [0, 0.1) is 0 Å². The van der Waals surface area contributed by atoms with Gasteiger partial charge in [-0.1, -0.05) is 18.2 Å². The largest absolute Gasteiger partial charge is 0.482 e. The molecule has 2 aromatic rings. The second kappa shape index (κ2) is 5.08. The van der Waals surface area contributed by atoms with Gasteiger partial charge < -0.3 is 9.84 Å². The van der Waals surface area contributed by atoms with Crippen LogP contribution in [-0.2, 0) is 6.42 Å². The Morgan fingerprint density at radius 1 is 1.38 bits per heavy atom. The van der Waals surface area contributed by atoms with Gasteiger partial charge in [0.15, 0.2) is 11.9 Å². The molecule has 2 heterocycles. The van der Waals surface area contributed by atoms with E-state index >= 15 is 0 Å². The van der Waals surface area contributed by atoms with E-state index in [4.69, 9.17) is 9.84 Å². The van der Waals surface area contributed by atoms with Crippen LogP contribution in [-0.4, -0.2) is 21.0 Å². The highest BCUT2D eigenvalue weighted by atomic mass is 19.3. The first-order chi connectivity index (χ1) is 10.1. The minimum atomic E-state index is -2.98. The lowest BCUT2D eigenvalue weighted by Crippen LogP contribution is -2.14. The maximum atomic E-state index is 12.9. The van der Waals surface area contributed by atoms with Gasteiger partial charge in [-0.15, -0.1) is 0 Å². The van der Waals surface area contributed by atoms with Crippen LogP contribution in [0.2, 0.25) is 0 Å². The molecule has 0 fully saturated rings. The van der Waals surface area contributed by atoms with Crippen LogP contribution < -0.4 is 4.74 Å². The summed E-state index contributed by atoms with van der Waals surface area (Å²) in [5.41, 5.74) is -0.441. The normalized spacial score (nSPS) is 16.6. The Hall–Kier alpha value is -2.57. The minimum Gasteiger partial charge on any atom is -0.482 e. The van der Waals surface area contributed by atoms with Crippen molar-refractivity contribution in [1.82, 2.24) is 9.97 Å². The van der Waals surface area contributed by atoms with Crippen molar-refractivity contribution in [2.24, 2.45) is 0 Å². The van der Waals surface area contributed by atoms with E-state index in [2.05, 4.69) is 9.97 Å². The SMILES string of the molecule is O=C(O)c1cnc(C2Cc3ccccc3O2)nc1C(F)F. The summed E-state index contributed by atoms with van der Waals surface area (Å²) in [5, 5.41) is 8.87. The number of para-hydroxylation sites is 1. The van der Waals surface area contributed by atoms with Crippen molar-refractivity contribution in [2.75, 3.05) is 0 Å². The Morgan fingerprint density at radius 3 is 2.81 bits per heavy atom. The standard InChI is InChI=1S/C14H10F2N2O3/c15-12(16)11-8(14(19)20)6-17-13(18-11)10-5-7-3-1-2-4-9(7)21-10/h1-4,6,10,12H,5H2,(H,19,20).